The summed E-state index contributed by atoms with van der Waals surface area (Å²) in [6.45, 7) is -0.337. The van der Waals surface area contributed by atoms with Gasteiger partial charge in [-0.1, -0.05) is 30.3 Å². The van der Waals surface area contributed by atoms with E-state index in [4.69, 9.17) is 5.73 Å². The molecule has 1 aromatic rings. The standard InChI is InChI=1S/C11H14F3N.ClH/c12-11(13,14)10(8-15)7-6-9-4-2-1-3-5-9;/h1-5,10H,6-8,15H2;1H. The average Bonchev–Trinajstić information content (AvgIpc) is 2.18. The van der Waals surface area contributed by atoms with Crippen molar-refractivity contribution in [2.45, 2.75) is 19.0 Å². The van der Waals surface area contributed by atoms with Crippen molar-refractivity contribution in [2.24, 2.45) is 11.7 Å². The highest BCUT2D eigenvalue weighted by Crippen LogP contribution is 2.28. The second-order valence-corrected chi connectivity index (χ2v) is 3.50. The molecule has 0 amide bonds. The predicted octanol–water partition coefficient (Wildman–Crippen LogP) is 3.18. The minimum absolute atomic E-state index is 0. The molecule has 0 radical (unpaired) electrons. The minimum atomic E-state index is -4.18. The van der Waals surface area contributed by atoms with Crippen LogP contribution in [-0.2, 0) is 6.42 Å². The van der Waals surface area contributed by atoms with Gasteiger partial charge in [0, 0.05) is 6.54 Å². The Kier molecular flexibility index (Phi) is 6.45. The van der Waals surface area contributed by atoms with Crippen molar-refractivity contribution in [3.05, 3.63) is 35.9 Å². The number of hydrogen-bond donors (Lipinski definition) is 1. The first kappa shape index (κ1) is 15.3. The molecule has 0 bridgehead atoms. The van der Waals surface area contributed by atoms with Crippen LogP contribution in [-0.4, -0.2) is 12.7 Å². The molecule has 1 aromatic carbocycles. The van der Waals surface area contributed by atoms with E-state index in [1.54, 1.807) is 0 Å². The summed E-state index contributed by atoms with van der Waals surface area (Å²) >= 11 is 0. The van der Waals surface area contributed by atoms with Gasteiger partial charge in [-0.25, -0.2) is 0 Å². The number of benzene rings is 1. The number of aryl methyl sites for hydroxylation is 1. The van der Waals surface area contributed by atoms with Crippen molar-refractivity contribution in [1.82, 2.24) is 0 Å². The molecule has 0 aliphatic heterocycles. The third-order valence-electron chi connectivity index (χ3n) is 2.37. The van der Waals surface area contributed by atoms with E-state index in [9.17, 15) is 13.2 Å². The second kappa shape index (κ2) is 6.76. The molecule has 1 atom stereocenters. The van der Waals surface area contributed by atoms with Gasteiger partial charge >= 0.3 is 6.18 Å². The zero-order valence-electron chi connectivity index (χ0n) is 8.70. The fourth-order valence-electron chi connectivity index (χ4n) is 1.40. The second-order valence-electron chi connectivity index (χ2n) is 3.50. The number of rotatable bonds is 4. The monoisotopic (exact) mass is 253 g/mol. The van der Waals surface area contributed by atoms with E-state index in [1.165, 1.54) is 0 Å². The lowest BCUT2D eigenvalue weighted by Gasteiger charge is -2.18. The first-order valence-corrected chi connectivity index (χ1v) is 4.84. The van der Waals surface area contributed by atoms with Crippen LogP contribution in [0.15, 0.2) is 30.3 Å². The maximum atomic E-state index is 12.3. The summed E-state index contributed by atoms with van der Waals surface area (Å²) in [6.07, 6.45) is -3.70. The van der Waals surface area contributed by atoms with E-state index < -0.39 is 12.1 Å². The van der Waals surface area contributed by atoms with Crippen LogP contribution in [0.2, 0.25) is 0 Å². The molecule has 0 saturated carbocycles. The van der Waals surface area contributed by atoms with E-state index in [1.807, 2.05) is 30.3 Å². The SMILES string of the molecule is Cl.NCC(CCc1ccccc1)C(F)(F)F. The Balaban J connectivity index is 0.00000225. The zero-order valence-corrected chi connectivity index (χ0v) is 9.52. The van der Waals surface area contributed by atoms with E-state index in [0.29, 0.717) is 6.42 Å². The molecular formula is C11H15ClF3N. The molecule has 2 N–H and O–H groups in total. The summed E-state index contributed by atoms with van der Waals surface area (Å²) in [5, 5.41) is 0. The lowest BCUT2D eigenvalue weighted by atomic mass is 9.99. The quantitative estimate of drug-likeness (QED) is 0.876. The van der Waals surface area contributed by atoms with E-state index in [-0.39, 0.29) is 25.4 Å². The van der Waals surface area contributed by atoms with Crippen LogP contribution >= 0.6 is 12.4 Å². The highest BCUT2D eigenvalue weighted by atomic mass is 35.5. The van der Waals surface area contributed by atoms with Gasteiger partial charge in [0.1, 0.15) is 0 Å². The normalized spacial score (nSPS) is 13.0. The molecule has 92 valence electrons. The average molecular weight is 254 g/mol. The van der Waals surface area contributed by atoms with Crippen molar-refractivity contribution < 1.29 is 13.2 Å². The summed E-state index contributed by atoms with van der Waals surface area (Å²) in [6, 6.07) is 9.13. The van der Waals surface area contributed by atoms with Gasteiger partial charge in [-0.3, -0.25) is 0 Å². The van der Waals surface area contributed by atoms with Gasteiger partial charge in [0.15, 0.2) is 0 Å². The van der Waals surface area contributed by atoms with Crippen molar-refractivity contribution in [1.29, 1.82) is 0 Å². The fourth-order valence-corrected chi connectivity index (χ4v) is 1.40. The van der Waals surface area contributed by atoms with E-state index >= 15 is 0 Å². The van der Waals surface area contributed by atoms with Crippen LogP contribution in [0.25, 0.3) is 0 Å². The topological polar surface area (TPSA) is 26.0 Å². The molecule has 0 fully saturated rings. The van der Waals surface area contributed by atoms with Gasteiger partial charge in [-0.05, 0) is 18.4 Å². The molecule has 5 heteroatoms. The smallest absolute Gasteiger partial charge is 0.330 e. The Morgan fingerprint density at radius 1 is 1.12 bits per heavy atom. The van der Waals surface area contributed by atoms with Crippen molar-refractivity contribution in [3.63, 3.8) is 0 Å². The van der Waals surface area contributed by atoms with Crippen LogP contribution in [0.4, 0.5) is 13.2 Å². The molecule has 0 aliphatic rings. The predicted molar refractivity (Wildman–Crippen MR) is 60.6 cm³/mol. The van der Waals surface area contributed by atoms with Crippen LogP contribution in [0.3, 0.4) is 0 Å². The van der Waals surface area contributed by atoms with E-state index in [2.05, 4.69) is 0 Å². The minimum Gasteiger partial charge on any atom is -0.330 e. The Bertz CT molecular complexity index is 287. The van der Waals surface area contributed by atoms with Gasteiger partial charge in [-0.2, -0.15) is 13.2 Å². The highest BCUT2D eigenvalue weighted by molar-refractivity contribution is 5.85. The summed E-state index contributed by atoms with van der Waals surface area (Å²) in [7, 11) is 0. The summed E-state index contributed by atoms with van der Waals surface area (Å²) in [5.74, 6) is -1.39. The first-order chi connectivity index (χ1) is 7.04. The third-order valence-corrected chi connectivity index (χ3v) is 2.37. The van der Waals surface area contributed by atoms with E-state index in [0.717, 1.165) is 5.56 Å². The molecule has 0 spiro atoms. The van der Waals surface area contributed by atoms with Crippen LogP contribution in [0.1, 0.15) is 12.0 Å². The number of hydrogen-bond acceptors (Lipinski definition) is 1. The molecule has 0 heterocycles. The van der Waals surface area contributed by atoms with Crippen LogP contribution in [0, 0.1) is 5.92 Å². The maximum Gasteiger partial charge on any atom is 0.393 e. The highest BCUT2D eigenvalue weighted by Gasteiger charge is 2.37. The maximum absolute atomic E-state index is 12.3. The van der Waals surface area contributed by atoms with Crippen LogP contribution < -0.4 is 5.73 Å². The van der Waals surface area contributed by atoms with Crippen molar-refractivity contribution in [3.8, 4) is 0 Å². The molecular weight excluding hydrogens is 239 g/mol. The lowest BCUT2D eigenvalue weighted by molar-refractivity contribution is -0.173. The summed E-state index contributed by atoms with van der Waals surface area (Å²) < 4.78 is 37.0. The van der Waals surface area contributed by atoms with Crippen molar-refractivity contribution in [2.75, 3.05) is 6.54 Å². The lowest BCUT2D eigenvalue weighted by Crippen LogP contribution is -2.30. The number of halogens is 4. The Morgan fingerprint density at radius 3 is 2.12 bits per heavy atom. The molecule has 0 aliphatic carbocycles. The Morgan fingerprint density at radius 2 is 1.69 bits per heavy atom. The summed E-state index contributed by atoms with van der Waals surface area (Å²) in [4.78, 5) is 0. The molecule has 0 aromatic heterocycles. The molecule has 1 nitrogen and oxygen atoms in total. The molecule has 16 heavy (non-hydrogen) atoms. The van der Waals surface area contributed by atoms with Crippen molar-refractivity contribution >= 4 is 12.4 Å². The van der Waals surface area contributed by atoms with Gasteiger partial charge in [0.05, 0.1) is 5.92 Å². The zero-order chi connectivity index (χ0) is 11.3. The third kappa shape index (κ3) is 4.86. The van der Waals surface area contributed by atoms with Gasteiger partial charge in [-0.15, -0.1) is 12.4 Å². The molecule has 1 unspecified atom stereocenters. The Labute approximate surface area is 99.2 Å². The first-order valence-electron chi connectivity index (χ1n) is 4.84. The fraction of sp³-hybridized carbons (Fsp3) is 0.455. The Hall–Kier alpha value is -0.740. The molecule has 0 saturated heterocycles. The molecule has 1 rings (SSSR count). The van der Waals surface area contributed by atoms with Gasteiger partial charge < -0.3 is 5.73 Å². The van der Waals surface area contributed by atoms with Gasteiger partial charge in [0.2, 0.25) is 0 Å². The largest absolute Gasteiger partial charge is 0.393 e. The summed E-state index contributed by atoms with van der Waals surface area (Å²) in [5.41, 5.74) is 6.02. The number of nitrogens with two attached hydrogens (primary N) is 1. The van der Waals surface area contributed by atoms with Gasteiger partial charge in [0.25, 0.3) is 0 Å². The van der Waals surface area contributed by atoms with Crippen LogP contribution in [0.5, 0.6) is 0 Å². The number of alkyl halides is 3.